The average molecular weight is 659 g/mol. The Labute approximate surface area is 264 Å². The molecular formula is C30H26F4N6O5S. The molecular weight excluding hydrogens is 632 g/mol. The van der Waals surface area contributed by atoms with Gasteiger partial charge in [-0.05, 0) is 61.9 Å². The number of carbonyl (C=O) groups is 2. The Kier molecular flexibility index (Phi) is 9.57. The number of nitrogens with zero attached hydrogens (tertiary/aromatic N) is 5. The highest BCUT2D eigenvalue weighted by Gasteiger charge is 2.33. The second-order valence-electron chi connectivity index (χ2n) is 9.86. The number of amidine groups is 1. The van der Waals surface area contributed by atoms with Gasteiger partial charge in [0, 0.05) is 18.7 Å². The van der Waals surface area contributed by atoms with Crippen molar-refractivity contribution in [3.63, 3.8) is 0 Å². The van der Waals surface area contributed by atoms with Gasteiger partial charge in [-0.3, -0.25) is 9.69 Å². The van der Waals surface area contributed by atoms with E-state index >= 15 is 0 Å². The lowest BCUT2D eigenvalue weighted by Crippen LogP contribution is -2.31. The van der Waals surface area contributed by atoms with Crippen molar-refractivity contribution in [2.45, 2.75) is 32.9 Å². The monoisotopic (exact) mass is 658 g/mol. The van der Waals surface area contributed by atoms with Crippen LogP contribution in [0.2, 0.25) is 0 Å². The number of alkyl halides is 3. The van der Waals surface area contributed by atoms with E-state index in [9.17, 15) is 27.2 Å². The molecule has 3 aromatic carbocycles. The van der Waals surface area contributed by atoms with Crippen molar-refractivity contribution in [2.24, 2.45) is 4.99 Å². The van der Waals surface area contributed by atoms with Gasteiger partial charge in [-0.1, -0.05) is 23.9 Å². The molecule has 0 spiro atoms. The lowest BCUT2D eigenvalue weighted by molar-refractivity contribution is -0.274. The smallest absolute Gasteiger partial charge is 0.485 e. The van der Waals surface area contributed by atoms with Crippen LogP contribution in [0.1, 0.15) is 30.0 Å². The fourth-order valence-corrected chi connectivity index (χ4v) is 5.21. The fraction of sp³-hybridized carbons (Fsp3) is 0.233. The van der Waals surface area contributed by atoms with Gasteiger partial charge in [0.05, 0.1) is 28.9 Å². The van der Waals surface area contributed by atoms with Crippen molar-refractivity contribution in [1.82, 2.24) is 14.8 Å². The molecule has 4 aromatic rings. The summed E-state index contributed by atoms with van der Waals surface area (Å²) in [5.41, 5.74) is 2.46. The van der Waals surface area contributed by atoms with Gasteiger partial charge in [0.2, 0.25) is 5.91 Å². The first-order chi connectivity index (χ1) is 21.9. The Morgan fingerprint density at radius 3 is 2.54 bits per heavy atom. The molecule has 1 unspecified atom stereocenters. The summed E-state index contributed by atoms with van der Waals surface area (Å²) in [7, 11) is 1.55. The fourth-order valence-electron chi connectivity index (χ4n) is 4.35. The van der Waals surface area contributed by atoms with Crippen LogP contribution in [0.3, 0.4) is 0 Å². The summed E-state index contributed by atoms with van der Waals surface area (Å²) >= 11 is 1.09. The van der Waals surface area contributed by atoms with Crippen molar-refractivity contribution in [2.75, 3.05) is 23.1 Å². The minimum atomic E-state index is -4.80. The van der Waals surface area contributed by atoms with Crippen LogP contribution >= 0.6 is 11.8 Å². The summed E-state index contributed by atoms with van der Waals surface area (Å²) in [6.45, 7) is 3.57. The van der Waals surface area contributed by atoms with Crippen LogP contribution in [-0.2, 0) is 16.1 Å². The Morgan fingerprint density at radius 2 is 1.85 bits per heavy atom. The molecule has 46 heavy (non-hydrogen) atoms. The Morgan fingerprint density at radius 1 is 1.11 bits per heavy atom. The molecule has 1 N–H and O–H groups in total. The number of halogens is 4. The highest BCUT2D eigenvalue weighted by atomic mass is 32.2. The van der Waals surface area contributed by atoms with E-state index in [1.807, 2.05) is 32.0 Å². The number of aryl methyl sites for hydroxylation is 1. The molecule has 1 saturated heterocycles. The van der Waals surface area contributed by atoms with Crippen LogP contribution in [0.25, 0.3) is 5.69 Å². The van der Waals surface area contributed by atoms with Crippen LogP contribution in [0.5, 0.6) is 11.5 Å². The highest BCUT2D eigenvalue weighted by molar-refractivity contribution is 8.15. The van der Waals surface area contributed by atoms with Crippen LogP contribution < -0.4 is 19.7 Å². The maximum atomic E-state index is 14.9. The maximum Gasteiger partial charge on any atom is 0.573 e. The summed E-state index contributed by atoms with van der Waals surface area (Å²) < 4.78 is 68.2. The zero-order valence-corrected chi connectivity index (χ0v) is 25.4. The van der Waals surface area contributed by atoms with Gasteiger partial charge in [0.25, 0.3) is 0 Å². The molecule has 0 radical (unpaired) electrons. The van der Waals surface area contributed by atoms with Gasteiger partial charge < -0.3 is 19.5 Å². The second kappa shape index (κ2) is 13.6. The Hall–Kier alpha value is -4.96. The number of hydrogen-bond acceptors (Lipinski definition) is 8. The van der Waals surface area contributed by atoms with E-state index < -0.39 is 18.2 Å². The Balaban J connectivity index is 1.22. The Bertz CT molecular complexity index is 1780. The van der Waals surface area contributed by atoms with Gasteiger partial charge in [0.1, 0.15) is 30.3 Å². The van der Waals surface area contributed by atoms with E-state index in [1.54, 1.807) is 7.11 Å². The first-order valence-electron chi connectivity index (χ1n) is 13.6. The summed E-state index contributed by atoms with van der Waals surface area (Å²) in [6, 6.07) is 13.5. The lowest BCUT2D eigenvalue weighted by atomic mass is 10.0. The molecule has 0 bridgehead atoms. The van der Waals surface area contributed by atoms with Crippen molar-refractivity contribution >= 4 is 40.2 Å². The maximum absolute atomic E-state index is 14.9. The zero-order valence-electron chi connectivity index (χ0n) is 24.5. The first kappa shape index (κ1) is 32.4. The first-order valence-corrected chi connectivity index (χ1v) is 14.6. The topological polar surface area (TPSA) is 120 Å². The van der Waals surface area contributed by atoms with E-state index in [-0.39, 0.29) is 52.5 Å². The van der Waals surface area contributed by atoms with Crippen molar-refractivity contribution in [3.05, 3.63) is 89.8 Å². The summed E-state index contributed by atoms with van der Waals surface area (Å²) in [6.07, 6.45) is -3.78. The van der Waals surface area contributed by atoms with Crippen molar-refractivity contribution in [1.29, 1.82) is 0 Å². The molecule has 0 aliphatic carbocycles. The number of urea groups is 1. The number of nitrogens with one attached hydrogen (secondary N) is 1. The number of aromatic nitrogens is 3. The number of amides is 3. The molecule has 1 atom stereocenters. The number of carbonyl (C=O) groups excluding carboxylic acids is 2. The standard InChI is InChI=1S/C30H26F4N6O5S/c1-17-4-10-22(18(2)43-3)25(12-17)40-27(41)15-46-29(40)37-28(42)36-24-11-9-21(13-23(24)31)44-14-26-35-16-39(38-26)19-5-7-20(8-6-19)45-30(32,33)34/h4-13,16,18H,14-15H2,1-3H3,(H,36,42)/b37-29-. The van der Waals surface area contributed by atoms with Crippen molar-refractivity contribution < 1.29 is 41.4 Å². The number of ether oxygens (including phenoxy) is 3. The van der Waals surface area contributed by atoms with E-state index in [2.05, 4.69) is 25.1 Å². The summed E-state index contributed by atoms with van der Waals surface area (Å²) in [5, 5.41) is 6.74. The van der Waals surface area contributed by atoms with Crippen LogP contribution in [0, 0.1) is 12.7 Å². The molecule has 2 heterocycles. The normalized spacial score (nSPS) is 14.9. The third kappa shape index (κ3) is 7.81. The summed E-state index contributed by atoms with van der Waals surface area (Å²) in [5.74, 6) is -1.02. The molecule has 1 aromatic heterocycles. The van der Waals surface area contributed by atoms with Crippen LogP contribution in [-0.4, -0.2) is 51.1 Å². The van der Waals surface area contributed by atoms with Gasteiger partial charge in [-0.25, -0.2) is 18.9 Å². The van der Waals surface area contributed by atoms with E-state index in [0.717, 1.165) is 41.1 Å². The molecule has 1 aliphatic rings. The largest absolute Gasteiger partial charge is 0.573 e. The number of hydrogen-bond donors (Lipinski definition) is 1. The molecule has 1 aliphatic heterocycles. The van der Waals surface area contributed by atoms with Gasteiger partial charge in [-0.2, -0.15) is 4.99 Å². The van der Waals surface area contributed by atoms with Gasteiger partial charge >= 0.3 is 12.4 Å². The molecule has 1 fully saturated rings. The predicted octanol–water partition coefficient (Wildman–Crippen LogP) is 6.57. The zero-order chi connectivity index (χ0) is 33.0. The third-order valence-electron chi connectivity index (χ3n) is 6.61. The van der Waals surface area contributed by atoms with E-state index in [4.69, 9.17) is 9.47 Å². The summed E-state index contributed by atoms with van der Waals surface area (Å²) in [4.78, 5) is 35.1. The third-order valence-corrected chi connectivity index (χ3v) is 7.53. The lowest BCUT2D eigenvalue weighted by Gasteiger charge is -2.23. The SMILES string of the molecule is COC(C)c1ccc(C)cc1N1C(=O)CS/C1=N\C(=O)Nc1ccc(OCc2ncn(-c3ccc(OC(F)(F)F)cc3)n2)cc1F. The molecule has 240 valence electrons. The van der Waals surface area contributed by atoms with Crippen LogP contribution in [0.15, 0.2) is 72.0 Å². The average Bonchev–Trinajstić information content (AvgIpc) is 3.63. The predicted molar refractivity (Wildman–Crippen MR) is 162 cm³/mol. The van der Waals surface area contributed by atoms with Gasteiger partial charge in [0.15, 0.2) is 11.0 Å². The number of anilines is 2. The van der Waals surface area contributed by atoms with Crippen molar-refractivity contribution in [3.8, 4) is 17.2 Å². The quantitative estimate of drug-likeness (QED) is 0.201. The molecule has 11 nitrogen and oxygen atoms in total. The minimum absolute atomic E-state index is 0.0809. The van der Waals surface area contributed by atoms with Gasteiger partial charge in [-0.15, -0.1) is 18.3 Å². The number of aliphatic imine (C=N–C) groups is 1. The number of methoxy groups -OCH3 is 1. The highest BCUT2D eigenvalue weighted by Crippen LogP contribution is 2.35. The molecule has 3 amide bonds. The van der Waals surface area contributed by atoms with Crippen LogP contribution in [0.4, 0.5) is 33.7 Å². The number of benzene rings is 3. The molecule has 5 rings (SSSR count). The molecule has 16 heteroatoms. The number of rotatable bonds is 9. The number of thioether (sulfide) groups is 1. The molecule has 0 saturated carbocycles. The minimum Gasteiger partial charge on any atom is -0.485 e. The van der Waals surface area contributed by atoms with E-state index in [0.29, 0.717) is 11.4 Å². The van der Waals surface area contributed by atoms with E-state index in [1.165, 1.54) is 40.2 Å². The second-order valence-corrected chi connectivity index (χ2v) is 10.8.